The van der Waals surface area contributed by atoms with E-state index in [4.69, 9.17) is 4.74 Å². The molecule has 0 radical (unpaired) electrons. The zero-order chi connectivity index (χ0) is 19.2. The van der Waals surface area contributed by atoms with Crippen LogP contribution < -0.4 is 10.6 Å². The molecule has 2 N–H and O–H groups in total. The van der Waals surface area contributed by atoms with Crippen LogP contribution in [0.15, 0.2) is 54.6 Å². The second-order valence-electron chi connectivity index (χ2n) is 6.04. The Morgan fingerprint density at radius 2 is 1.93 bits per heavy atom. The second kappa shape index (κ2) is 8.44. The average Bonchev–Trinajstić information content (AvgIpc) is 2.85. The number of nitrogens with one attached hydrogen (secondary N) is 2. The molecule has 0 spiro atoms. The third-order valence-corrected chi connectivity index (χ3v) is 4.17. The smallest absolute Gasteiger partial charge is 0.408 e. The van der Waals surface area contributed by atoms with Gasteiger partial charge >= 0.3 is 6.09 Å². The maximum atomic E-state index is 14.0. The predicted octanol–water partition coefficient (Wildman–Crippen LogP) is 3.16. The molecule has 7 heteroatoms. The summed E-state index contributed by atoms with van der Waals surface area (Å²) in [7, 11) is 0. The summed E-state index contributed by atoms with van der Waals surface area (Å²) in [5.74, 6) is -2.34. The largest absolute Gasteiger partial charge is 0.445 e. The van der Waals surface area contributed by atoms with E-state index in [9.17, 15) is 18.4 Å². The van der Waals surface area contributed by atoms with Crippen molar-refractivity contribution >= 4 is 17.6 Å². The Balaban J connectivity index is 1.63. The molecule has 0 saturated heterocycles. The highest BCUT2D eigenvalue weighted by Gasteiger charge is 2.24. The minimum Gasteiger partial charge on any atom is -0.445 e. The van der Waals surface area contributed by atoms with Crippen molar-refractivity contribution in [3.8, 4) is 0 Å². The standard InChI is InChI=1S/C20H18F2N2O3/c21-16-8-4-7-15(18(16)22)14-9-10-17(19(25)23-11-14)24-20(26)27-12-13-5-2-1-3-6-13/h1-9,17H,10-12H2,(H,23,25)(H,24,26)/t17-/m1/s1. The van der Waals surface area contributed by atoms with E-state index >= 15 is 0 Å². The van der Waals surface area contributed by atoms with Gasteiger partial charge in [-0.15, -0.1) is 0 Å². The molecule has 5 nitrogen and oxygen atoms in total. The van der Waals surface area contributed by atoms with Gasteiger partial charge in [0.05, 0.1) is 0 Å². The van der Waals surface area contributed by atoms with E-state index in [-0.39, 0.29) is 25.1 Å². The molecule has 140 valence electrons. The van der Waals surface area contributed by atoms with Crippen molar-refractivity contribution in [1.82, 2.24) is 10.6 Å². The van der Waals surface area contributed by atoms with Crippen LogP contribution in [0.2, 0.25) is 0 Å². The molecule has 0 fully saturated rings. The normalized spacial score (nSPS) is 16.7. The maximum absolute atomic E-state index is 14.0. The number of hydrogen-bond donors (Lipinski definition) is 2. The summed E-state index contributed by atoms with van der Waals surface area (Å²) in [4.78, 5) is 24.1. The lowest BCUT2D eigenvalue weighted by atomic mass is 10.0. The van der Waals surface area contributed by atoms with Gasteiger partial charge in [0.2, 0.25) is 5.91 Å². The molecule has 0 aromatic heterocycles. The lowest BCUT2D eigenvalue weighted by molar-refractivity contribution is -0.122. The Morgan fingerprint density at radius 1 is 1.15 bits per heavy atom. The van der Waals surface area contributed by atoms with E-state index in [1.54, 1.807) is 6.08 Å². The zero-order valence-corrected chi connectivity index (χ0v) is 14.4. The SMILES string of the molecule is O=C(N[C@@H]1CC=C(c2cccc(F)c2F)CNC1=O)OCc1ccccc1. The van der Waals surface area contributed by atoms with Crippen molar-refractivity contribution in [2.75, 3.05) is 6.54 Å². The predicted molar refractivity (Wildman–Crippen MR) is 95.5 cm³/mol. The van der Waals surface area contributed by atoms with Gasteiger partial charge in [-0.1, -0.05) is 48.5 Å². The highest BCUT2D eigenvalue weighted by Crippen LogP contribution is 2.22. The fourth-order valence-electron chi connectivity index (χ4n) is 2.73. The van der Waals surface area contributed by atoms with Crippen LogP contribution in [-0.4, -0.2) is 24.6 Å². The first-order valence-electron chi connectivity index (χ1n) is 8.43. The summed E-state index contributed by atoms with van der Waals surface area (Å²) < 4.78 is 32.5. The number of rotatable bonds is 4. The van der Waals surface area contributed by atoms with Gasteiger partial charge < -0.3 is 15.4 Å². The van der Waals surface area contributed by atoms with Crippen LogP contribution in [0.1, 0.15) is 17.5 Å². The number of carbonyl (C=O) groups excluding carboxylic acids is 2. The molecule has 3 rings (SSSR count). The van der Waals surface area contributed by atoms with Gasteiger partial charge in [0, 0.05) is 12.1 Å². The van der Waals surface area contributed by atoms with E-state index in [0.717, 1.165) is 11.6 Å². The zero-order valence-electron chi connectivity index (χ0n) is 14.4. The first-order valence-corrected chi connectivity index (χ1v) is 8.43. The molecule has 1 heterocycles. The Morgan fingerprint density at radius 3 is 2.70 bits per heavy atom. The lowest BCUT2D eigenvalue weighted by Gasteiger charge is -2.14. The Kier molecular flexibility index (Phi) is 5.80. The van der Waals surface area contributed by atoms with Crippen LogP contribution >= 0.6 is 0 Å². The number of carbonyl (C=O) groups is 2. The fourth-order valence-corrected chi connectivity index (χ4v) is 2.73. The molecular formula is C20H18F2N2O3. The minimum atomic E-state index is -0.966. The van der Waals surface area contributed by atoms with E-state index in [1.165, 1.54) is 12.1 Å². The number of alkyl carbamates (subject to hydrolysis) is 1. The van der Waals surface area contributed by atoms with Crippen molar-refractivity contribution in [2.24, 2.45) is 0 Å². The molecule has 2 amide bonds. The van der Waals surface area contributed by atoms with Crippen LogP contribution in [0.3, 0.4) is 0 Å². The highest BCUT2D eigenvalue weighted by molar-refractivity contribution is 5.88. The summed E-state index contributed by atoms with van der Waals surface area (Å²) >= 11 is 0. The molecule has 2 aromatic carbocycles. The van der Waals surface area contributed by atoms with Crippen LogP contribution in [-0.2, 0) is 16.1 Å². The van der Waals surface area contributed by atoms with E-state index < -0.39 is 29.7 Å². The van der Waals surface area contributed by atoms with Crippen molar-refractivity contribution in [1.29, 1.82) is 0 Å². The summed E-state index contributed by atoms with van der Waals surface area (Å²) in [5, 5.41) is 5.09. The number of halogens is 2. The van der Waals surface area contributed by atoms with Crippen molar-refractivity contribution in [3.05, 3.63) is 77.4 Å². The first kappa shape index (κ1) is 18.6. The molecular weight excluding hydrogens is 354 g/mol. The van der Waals surface area contributed by atoms with Crippen LogP contribution in [0, 0.1) is 11.6 Å². The van der Waals surface area contributed by atoms with Crippen molar-refractivity contribution in [3.63, 3.8) is 0 Å². The van der Waals surface area contributed by atoms with Gasteiger partial charge in [-0.05, 0) is 23.6 Å². The summed E-state index contributed by atoms with van der Waals surface area (Å²) in [6.07, 6.45) is 1.02. The number of benzene rings is 2. The van der Waals surface area contributed by atoms with Gasteiger partial charge in [-0.3, -0.25) is 4.79 Å². The summed E-state index contributed by atoms with van der Waals surface area (Å²) in [6, 6.07) is 12.1. The van der Waals surface area contributed by atoms with Gasteiger partial charge in [0.15, 0.2) is 11.6 Å². The van der Waals surface area contributed by atoms with Crippen LogP contribution in [0.5, 0.6) is 0 Å². The number of ether oxygens (including phenoxy) is 1. The Labute approximate surface area is 155 Å². The van der Waals surface area contributed by atoms with E-state index in [0.29, 0.717) is 5.57 Å². The minimum absolute atomic E-state index is 0.0381. The summed E-state index contributed by atoms with van der Waals surface area (Å²) in [6.45, 7) is 0.118. The molecule has 27 heavy (non-hydrogen) atoms. The molecule has 0 saturated carbocycles. The van der Waals surface area contributed by atoms with Gasteiger partial charge in [0.1, 0.15) is 12.6 Å². The van der Waals surface area contributed by atoms with Gasteiger partial charge in [-0.2, -0.15) is 0 Å². The summed E-state index contributed by atoms with van der Waals surface area (Å²) in [5.41, 5.74) is 1.35. The third kappa shape index (κ3) is 4.69. The molecule has 0 aliphatic carbocycles. The fraction of sp³-hybridized carbons (Fsp3) is 0.200. The molecule has 2 aromatic rings. The van der Waals surface area contributed by atoms with Crippen LogP contribution in [0.25, 0.3) is 5.57 Å². The third-order valence-electron chi connectivity index (χ3n) is 4.17. The lowest BCUT2D eigenvalue weighted by Crippen LogP contribution is -2.45. The van der Waals surface area contributed by atoms with Crippen molar-refractivity contribution in [2.45, 2.75) is 19.1 Å². The monoisotopic (exact) mass is 372 g/mol. The van der Waals surface area contributed by atoms with E-state index in [1.807, 2.05) is 30.3 Å². The molecule has 1 aliphatic rings. The first-order chi connectivity index (χ1) is 13.0. The quantitative estimate of drug-likeness (QED) is 0.866. The van der Waals surface area contributed by atoms with Crippen molar-refractivity contribution < 1.29 is 23.1 Å². The molecule has 0 unspecified atom stereocenters. The Hall–Kier alpha value is -3.22. The van der Waals surface area contributed by atoms with Crippen LogP contribution in [0.4, 0.5) is 13.6 Å². The molecule has 1 atom stereocenters. The van der Waals surface area contributed by atoms with Gasteiger partial charge in [0.25, 0.3) is 0 Å². The topological polar surface area (TPSA) is 67.4 Å². The Bertz CT molecular complexity index is 869. The number of hydrogen-bond acceptors (Lipinski definition) is 3. The number of amides is 2. The second-order valence-corrected chi connectivity index (χ2v) is 6.04. The maximum Gasteiger partial charge on any atom is 0.408 e. The van der Waals surface area contributed by atoms with E-state index in [2.05, 4.69) is 10.6 Å². The van der Waals surface area contributed by atoms with Gasteiger partial charge in [-0.25, -0.2) is 13.6 Å². The average molecular weight is 372 g/mol. The highest BCUT2D eigenvalue weighted by atomic mass is 19.2. The molecule has 1 aliphatic heterocycles. The molecule has 0 bridgehead atoms.